The van der Waals surface area contributed by atoms with Gasteiger partial charge in [0, 0.05) is 17.6 Å². The van der Waals surface area contributed by atoms with Crippen molar-refractivity contribution in [3.63, 3.8) is 0 Å². The van der Waals surface area contributed by atoms with Gasteiger partial charge >= 0.3 is 0 Å². The number of nitrogens with one attached hydrogen (secondary N) is 1. The Morgan fingerprint density at radius 1 is 1.25 bits per heavy atom. The lowest BCUT2D eigenvalue weighted by molar-refractivity contribution is 0.580. The molecule has 0 saturated carbocycles. The van der Waals surface area contributed by atoms with Gasteiger partial charge in [-0.2, -0.15) is 4.39 Å². The van der Waals surface area contributed by atoms with Gasteiger partial charge in [0.1, 0.15) is 12.1 Å². The van der Waals surface area contributed by atoms with Gasteiger partial charge in [0.15, 0.2) is 0 Å². The molecule has 1 heterocycles. The average molecular weight is 238 g/mol. The van der Waals surface area contributed by atoms with Crippen LogP contribution in [0.3, 0.4) is 0 Å². The molecule has 1 aromatic carbocycles. The summed E-state index contributed by atoms with van der Waals surface area (Å²) >= 11 is 5.97. The van der Waals surface area contributed by atoms with E-state index in [1.54, 1.807) is 6.07 Å². The van der Waals surface area contributed by atoms with Crippen LogP contribution in [0.1, 0.15) is 5.56 Å². The molecule has 1 aromatic heterocycles. The molecule has 0 spiro atoms. The molecule has 2 aromatic rings. The zero-order chi connectivity index (χ0) is 11.4. The number of hydrogen-bond donors (Lipinski definition) is 1. The number of nitrogens with zero attached hydrogens (tertiary/aromatic N) is 2. The van der Waals surface area contributed by atoms with E-state index in [4.69, 9.17) is 11.6 Å². The second kappa shape index (κ2) is 4.90. The first kappa shape index (κ1) is 10.8. The van der Waals surface area contributed by atoms with Crippen molar-refractivity contribution in [3.05, 3.63) is 53.2 Å². The van der Waals surface area contributed by atoms with Crippen LogP contribution in [0.25, 0.3) is 0 Å². The number of anilines is 1. The van der Waals surface area contributed by atoms with E-state index in [-0.39, 0.29) is 0 Å². The van der Waals surface area contributed by atoms with Gasteiger partial charge < -0.3 is 5.32 Å². The minimum absolute atomic E-state index is 0.437. The lowest BCUT2D eigenvalue weighted by atomic mass is 10.2. The fourth-order valence-electron chi connectivity index (χ4n) is 1.26. The van der Waals surface area contributed by atoms with Crippen LogP contribution in [0, 0.1) is 5.95 Å². The van der Waals surface area contributed by atoms with Crippen molar-refractivity contribution in [2.45, 2.75) is 6.54 Å². The van der Waals surface area contributed by atoms with E-state index >= 15 is 0 Å². The number of hydrogen-bond acceptors (Lipinski definition) is 3. The normalized spacial score (nSPS) is 10.1. The third-order valence-electron chi connectivity index (χ3n) is 2.05. The third-order valence-corrected chi connectivity index (χ3v) is 2.42. The summed E-state index contributed by atoms with van der Waals surface area (Å²) in [5.74, 6) is -0.121. The van der Waals surface area contributed by atoms with Crippen LogP contribution in [-0.2, 0) is 6.54 Å². The molecule has 0 aliphatic carbocycles. The Morgan fingerprint density at radius 2 is 2.06 bits per heavy atom. The first-order chi connectivity index (χ1) is 7.75. The van der Waals surface area contributed by atoms with Crippen molar-refractivity contribution in [2.24, 2.45) is 0 Å². The van der Waals surface area contributed by atoms with E-state index < -0.39 is 5.95 Å². The maximum Gasteiger partial charge on any atom is 0.217 e. The number of benzene rings is 1. The standard InChI is InChI=1S/C11H9ClFN3/c12-9-4-2-1-3-8(9)6-14-11-5-10(13)15-7-16-11/h1-5,7H,6H2,(H,14,15,16). The van der Waals surface area contributed by atoms with Gasteiger partial charge in [-0.05, 0) is 11.6 Å². The number of aromatic nitrogens is 2. The Bertz CT molecular complexity index is 490. The average Bonchev–Trinajstić information content (AvgIpc) is 2.28. The van der Waals surface area contributed by atoms with Gasteiger partial charge in [0.25, 0.3) is 0 Å². The summed E-state index contributed by atoms with van der Waals surface area (Å²) in [5.41, 5.74) is 0.934. The zero-order valence-corrected chi connectivity index (χ0v) is 9.08. The molecule has 82 valence electrons. The highest BCUT2D eigenvalue weighted by atomic mass is 35.5. The maximum absolute atomic E-state index is 12.8. The molecule has 16 heavy (non-hydrogen) atoms. The van der Waals surface area contributed by atoms with Gasteiger partial charge in [-0.15, -0.1) is 0 Å². The molecule has 5 heteroatoms. The minimum Gasteiger partial charge on any atom is -0.366 e. The molecular weight excluding hydrogens is 229 g/mol. The van der Waals surface area contributed by atoms with E-state index in [0.29, 0.717) is 17.4 Å². The molecule has 0 fully saturated rings. The molecule has 0 bridgehead atoms. The Kier molecular flexibility index (Phi) is 3.31. The van der Waals surface area contributed by atoms with Crippen molar-refractivity contribution in [1.29, 1.82) is 0 Å². The van der Waals surface area contributed by atoms with Crippen LogP contribution < -0.4 is 5.32 Å². The second-order valence-corrected chi connectivity index (χ2v) is 3.58. The highest BCUT2D eigenvalue weighted by Gasteiger charge is 2.00. The van der Waals surface area contributed by atoms with Crippen LogP contribution in [0.4, 0.5) is 10.2 Å². The number of rotatable bonds is 3. The largest absolute Gasteiger partial charge is 0.366 e. The fraction of sp³-hybridized carbons (Fsp3) is 0.0909. The highest BCUT2D eigenvalue weighted by molar-refractivity contribution is 6.31. The quantitative estimate of drug-likeness (QED) is 0.835. The summed E-state index contributed by atoms with van der Waals surface area (Å²) in [6.07, 6.45) is 1.17. The summed E-state index contributed by atoms with van der Waals surface area (Å²) in [5, 5.41) is 3.64. The molecule has 3 nitrogen and oxygen atoms in total. The monoisotopic (exact) mass is 237 g/mol. The van der Waals surface area contributed by atoms with E-state index in [0.717, 1.165) is 5.56 Å². The van der Waals surface area contributed by atoms with Gasteiger partial charge in [-0.1, -0.05) is 29.8 Å². The molecule has 0 unspecified atom stereocenters. The van der Waals surface area contributed by atoms with Crippen LogP contribution >= 0.6 is 11.6 Å². The Labute approximate surface area is 97.3 Å². The molecular formula is C11H9ClFN3. The topological polar surface area (TPSA) is 37.8 Å². The van der Waals surface area contributed by atoms with E-state index in [2.05, 4.69) is 15.3 Å². The molecule has 1 N–H and O–H groups in total. The van der Waals surface area contributed by atoms with E-state index in [1.807, 2.05) is 18.2 Å². The SMILES string of the molecule is Fc1cc(NCc2ccccc2Cl)ncn1. The molecule has 0 aliphatic rings. The van der Waals surface area contributed by atoms with Gasteiger partial charge in [0.2, 0.25) is 5.95 Å². The zero-order valence-electron chi connectivity index (χ0n) is 8.32. The van der Waals surface area contributed by atoms with Gasteiger partial charge in [-0.25, -0.2) is 9.97 Å². The fourth-order valence-corrected chi connectivity index (χ4v) is 1.46. The predicted molar refractivity (Wildman–Crippen MR) is 60.8 cm³/mol. The summed E-state index contributed by atoms with van der Waals surface area (Å²) in [4.78, 5) is 7.25. The van der Waals surface area contributed by atoms with Crippen LogP contribution in [-0.4, -0.2) is 9.97 Å². The first-order valence-corrected chi connectivity index (χ1v) is 5.08. The highest BCUT2D eigenvalue weighted by Crippen LogP contribution is 2.16. The van der Waals surface area contributed by atoms with Crippen molar-refractivity contribution in [1.82, 2.24) is 9.97 Å². The third kappa shape index (κ3) is 2.67. The summed E-state index contributed by atoms with van der Waals surface area (Å²) in [6.45, 7) is 0.496. The Morgan fingerprint density at radius 3 is 2.81 bits per heavy atom. The number of halogens is 2. The van der Waals surface area contributed by atoms with Crippen molar-refractivity contribution >= 4 is 17.4 Å². The lowest BCUT2D eigenvalue weighted by Crippen LogP contribution is -2.02. The molecule has 0 saturated heterocycles. The predicted octanol–water partition coefficient (Wildman–Crippen LogP) is 2.88. The van der Waals surface area contributed by atoms with Crippen molar-refractivity contribution in [3.8, 4) is 0 Å². The van der Waals surface area contributed by atoms with E-state index in [1.165, 1.54) is 12.4 Å². The minimum atomic E-state index is -0.559. The summed E-state index contributed by atoms with van der Waals surface area (Å²) in [6, 6.07) is 8.68. The molecule has 2 rings (SSSR count). The first-order valence-electron chi connectivity index (χ1n) is 4.70. The van der Waals surface area contributed by atoms with E-state index in [9.17, 15) is 4.39 Å². The van der Waals surface area contributed by atoms with Crippen molar-refractivity contribution in [2.75, 3.05) is 5.32 Å². The smallest absolute Gasteiger partial charge is 0.217 e. The van der Waals surface area contributed by atoms with Crippen LogP contribution in [0.2, 0.25) is 5.02 Å². The molecule has 0 radical (unpaired) electrons. The maximum atomic E-state index is 12.8. The Hall–Kier alpha value is -1.68. The molecule has 0 atom stereocenters. The van der Waals surface area contributed by atoms with Crippen LogP contribution in [0.15, 0.2) is 36.7 Å². The molecule has 0 aliphatic heterocycles. The molecule has 0 amide bonds. The Balaban J connectivity index is 2.05. The lowest BCUT2D eigenvalue weighted by Gasteiger charge is -2.06. The summed E-state index contributed by atoms with van der Waals surface area (Å²) in [7, 11) is 0. The summed E-state index contributed by atoms with van der Waals surface area (Å²) < 4.78 is 12.8. The van der Waals surface area contributed by atoms with Crippen LogP contribution in [0.5, 0.6) is 0 Å². The second-order valence-electron chi connectivity index (χ2n) is 3.17. The van der Waals surface area contributed by atoms with Crippen molar-refractivity contribution < 1.29 is 4.39 Å². The van der Waals surface area contributed by atoms with Gasteiger partial charge in [-0.3, -0.25) is 0 Å². The van der Waals surface area contributed by atoms with Gasteiger partial charge in [0.05, 0.1) is 0 Å².